The summed E-state index contributed by atoms with van der Waals surface area (Å²) in [6.07, 6.45) is -0.711. The van der Waals surface area contributed by atoms with E-state index in [0.717, 1.165) is 4.90 Å². The first-order chi connectivity index (χ1) is 8.69. The fourth-order valence-electron chi connectivity index (χ4n) is 1.33. The van der Waals surface area contributed by atoms with Crippen LogP contribution in [-0.4, -0.2) is 29.3 Å². The van der Waals surface area contributed by atoms with Gasteiger partial charge in [-0.2, -0.15) is 0 Å². The summed E-state index contributed by atoms with van der Waals surface area (Å²) in [5.41, 5.74) is -0.277. The summed E-state index contributed by atoms with van der Waals surface area (Å²) in [6, 6.07) is 6.29. The van der Waals surface area contributed by atoms with Crippen LogP contribution >= 0.6 is 11.6 Å². The average Bonchev–Trinajstić information content (AvgIpc) is 2.24. The van der Waals surface area contributed by atoms with Gasteiger partial charge in [0.2, 0.25) is 0 Å². The van der Waals surface area contributed by atoms with Gasteiger partial charge < -0.3 is 9.84 Å². The summed E-state index contributed by atoms with van der Waals surface area (Å²) in [7, 11) is 0. The first-order valence-electron chi connectivity index (χ1n) is 5.67. The second-order valence-corrected chi connectivity index (χ2v) is 5.37. The van der Waals surface area contributed by atoms with Crippen LogP contribution in [0.3, 0.4) is 0 Å². The van der Waals surface area contributed by atoms with Crippen LogP contribution in [0.25, 0.3) is 0 Å². The Morgan fingerprint density at radius 3 is 2.21 bits per heavy atom. The molecule has 5 nitrogen and oxygen atoms in total. The molecule has 0 saturated heterocycles. The lowest BCUT2D eigenvalue weighted by Gasteiger charge is -2.26. The molecule has 1 aromatic carbocycles. The van der Waals surface area contributed by atoms with Crippen molar-refractivity contribution < 1.29 is 19.4 Å². The Bertz CT molecular complexity index is 465. The summed E-state index contributed by atoms with van der Waals surface area (Å²) in [4.78, 5) is 23.9. The third kappa shape index (κ3) is 5.18. The predicted octanol–water partition coefficient (Wildman–Crippen LogP) is 3.17. The van der Waals surface area contributed by atoms with Crippen LogP contribution in [0.1, 0.15) is 20.8 Å². The van der Waals surface area contributed by atoms with Gasteiger partial charge in [-0.25, -0.2) is 4.79 Å². The molecule has 0 saturated carbocycles. The van der Waals surface area contributed by atoms with Gasteiger partial charge in [0.05, 0.1) is 0 Å². The Morgan fingerprint density at radius 2 is 1.79 bits per heavy atom. The lowest BCUT2D eigenvalue weighted by atomic mass is 10.2. The number of amides is 1. The molecule has 6 heteroatoms. The van der Waals surface area contributed by atoms with E-state index in [1.807, 2.05) is 0 Å². The van der Waals surface area contributed by atoms with Crippen molar-refractivity contribution in [3.8, 4) is 0 Å². The first-order valence-corrected chi connectivity index (χ1v) is 6.05. The number of carboxylic acid groups (broad SMARTS) is 1. The zero-order valence-electron chi connectivity index (χ0n) is 11.0. The maximum atomic E-state index is 12.0. The van der Waals surface area contributed by atoms with Crippen LogP contribution in [0, 0.1) is 0 Å². The maximum Gasteiger partial charge on any atom is 0.415 e. The second kappa shape index (κ2) is 5.93. The maximum absolute atomic E-state index is 12.0. The molecule has 1 aromatic rings. The predicted molar refractivity (Wildman–Crippen MR) is 72.7 cm³/mol. The molecule has 0 aromatic heterocycles. The zero-order chi connectivity index (χ0) is 14.6. The first kappa shape index (κ1) is 15.3. The Balaban J connectivity index is 2.97. The van der Waals surface area contributed by atoms with Gasteiger partial charge in [0.1, 0.15) is 12.1 Å². The Kier molecular flexibility index (Phi) is 4.78. The van der Waals surface area contributed by atoms with Crippen molar-refractivity contribution in [1.82, 2.24) is 0 Å². The molecule has 1 rings (SSSR count). The van der Waals surface area contributed by atoms with Gasteiger partial charge in [0.15, 0.2) is 0 Å². The molecule has 0 fully saturated rings. The van der Waals surface area contributed by atoms with E-state index in [1.165, 1.54) is 0 Å². The van der Waals surface area contributed by atoms with E-state index in [-0.39, 0.29) is 0 Å². The van der Waals surface area contributed by atoms with Crippen LogP contribution in [0.4, 0.5) is 10.5 Å². The number of carboxylic acids is 1. The number of hydrogen-bond acceptors (Lipinski definition) is 3. The van der Waals surface area contributed by atoms with Gasteiger partial charge in [0.25, 0.3) is 0 Å². The van der Waals surface area contributed by atoms with Gasteiger partial charge in [-0.1, -0.05) is 11.6 Å². The van der Waals surface area contributed by atoms with Crippen LogP contribution in [0.15, 0.2) is 24.3 Å². The van der Waals surface area contributed by atoms with Crippen molar-refractivity contribution in [2.24, 2.45) is 0 Å². The van der Waals surface area contributed by atoms with E-state index in [2.05, 4.69) is 0 Å². The van der Waals surface area contributed by atoms with Crippen molar-refractivity contribution in [3.05, 3.63) is 29.3 Å². The van der Waals surface area contributed by atoms with Gasteiger partial charge in [-0.15, -0.1) is 0 Å². The number of nitrogens with zero attached hydrogens (tertiary/aromatic N) is 1. The lowest BCUT2D eigenvalue weighted by Crippen LogP contribution is -2.39. The third-order valence-corrected chi connectivity index (χ3v) is 2.30. The molecule has 0 bridgehead atoms. The average molecular weight is 286 g/mol. The number of rotatable bonds is 3. The Hall–Kier alpha value is -1.75. The highest BCUT2D eigenvalue weighted by molar-refractivity contribution is 6.30. The number of benzene rings is 1. The van der Waals surface area contributed by atoms with Crippen LogP contribution < -0.4 is 4.90 Å². The van der Waals surface area contributed by atoms with E-state index < -0.39 is 24.2 Å². The third-order valence-electron chi connectivity index (χ3n) is 2.05. The fraction of sp³-hybridized carbons (Fsp3) is 0.385. The molecule has 0 atom stereocenters. The van der Waals surface area contributed by atoms with Crippen LogP contribution in [0.5, 0.6) is 0 Å². The smallest absolute Gasteiger partial charge is 0.415 e. The fourth-order valence-corrected chi connectivity index (χ4v) is 1.46. The van der Waals surface area contributed by atoms with Gasteiger partial charge >= 0.3 is 12.1 Å². The number of halogens is 1. The minimum Gasteiger partial charge on any atom is -0.480 e. The highest BCUT2D eigenvalue weighted by Gasteiger charge is 2.25. The number of aliphatic carboxylic acids is 1. The normalized spacial score (nSPS) is 10.9. The molecule has 1 amide bonds. The molecule has 1 N–H and O–H groups in total. The van der Waals surface area contributed by atoms with E-state index in [9.17, 15) is 9.59 Å². The van der Waals surface area contributed by atoms with E-state index in [1.54, 1.807) is 45.0 Å². The Labute approximate surface area is 116 Å². The molecule has 0 aliphatic carbocycles. The highest BCUT2D eigenvalue weighted by Crippen LogP contribution is 2.20. The van der Waals surface area contributed by atoms with Gasteiger partial charge in [-0.05, 0) is 45.0 Å². The second-order valence-electron chi connectivity index (χ2n) is 4.94. The molecule has 0 unspecified atom stereocenters. The summed E-state index contributed by atoms with van der Waals surface area (Å²) in [5.74, 6) is -1.12. The number of hydrogen-bond donors (Lipinski definition) is 1. The van der Waals surface area contributed by atoms with E-state index in [4.69, 9.17) is 21.4 Å². The SMILES string of the molecule is CC(C)(C)OC(=O)N(CC(=O)O)c1ccc(Cl)cc1. The lowest BCUT2D eigenvalue weighted by molar-refractivity contribution is -0.135. The molecule has 0 aliphatic heterocycles. The molecule has 19 heavy (non-hydrogen) atoms. The monoisotopic (exact) mass is 285 g/mol. The van der Waals surface area contributed by atoms with Gasteiger partial charge in [-0.3, -0.25) is 9.69 Å². The van der Waals surface area contributed by atoms with Crippen LogP contribution in [0.2, 0.25) is 5.02 Å². The number of carbonyl (C=O) groups excluding carboxylic acids is 1. The summed E-state index contributed by atoms with van der Waals surface area (Å²) >= 11 is 5.76. The summed E-state index contributed by atoms with van der Waals surface area (Å²) in [5, 5.41) is 9.37. The number of anilines is 1. The molecule has 0 heterocycles. The molecular formula is C13H16ClNO4. The number of ether oxygens (including phenoxy) is 1. The molecular weight excluding hydrogens is 270 g/mol. The van der Waals surface area contributed by atoms with Crippen LogP contribution in [-0.2, 0) is 9.53 Å². The van der Waals surface area contributed by atoms with Crippen molar-refractivity contribution in [1.29, 1.82) is 0 Å². The highest BCUT2D eigenvalue weighted by atomic mass is 35.5. The van der Waals surface area contributed by atoms with Crippen molar-refractivity contribution in [2.45, 2.75) is 26.4 Å². The molecule has 0 spiro atoms. The summed E-state index contributed by atoms with van der Waals surface area (Å²) in [6.45, 7) is 4.67. The minimum absolute atomic E-state index is 0.418. The standard InChI is InChI=1S/C13H16ClNO4/c1-13(2,3)19-12(18)15(8-11(16)17)10-6-4-9(14)5-7-10/h4-7H,8H2,1-3H3,(H,16,17). The number of carbonyl (C=O) groups is 2. The van der Waals surface area contributed by atoms with Crippen molar-refractivity contribution in [3.63, 3.8) is 0 Å². The molecule has 0 radical (unpaired) electrons. The minimum atomic E-state index is -1.12. The largest absolute Gasteiger partial charge is 0.480 e. The molecule has 0 aliphatic rings. The van der Waals surface area contributed by atoms with Crippen molar-refractivity contribution >= 4 is 29.4 Å². The van der Waals surface area contributed by atoms with E-state index >= 15 is 0 Å². The topological polar surface area (TPSA) is 66.8 Å². The summed E-state index contributed by atoms with van der Waals surface area (Å²) < 4.78 is 5.18. The zero-order valence-corrected chi connectivity index (χ0v) is 11.8. The quantitative estimate of drug-likeness (QED) is 0.926. The Morgan fingerprint density at radius 1 is 1.26 bits per heavy atom. The molecule has 104 valence electrons. The van der Waals surface area contributed by atoms with Crippen molar-refractivity contribution in [2.75, 3.05) is 11.4 Å². The van der Waals surface area contributed by atoms with Gasteiger partial charge in [0, 0.05) is 10.7 Å². The van der Waals surface area contributed by atoms with E-state index in [0.29, 0.717) is 10.7 Å².